The van der Waals surface area contributed by atoms with Gasteiger partial charge in [0, 0.05) is 31.5 Å². The van der Waals surface area contributed by atoms with Gasteiger partial charge in [0.05, 0.1) is 0 Å². The molecule has 0 radical (unpaired) electrons. The average molecular weight is 258 g/mol. The number of benzene rings is 1. The van der Waals surface area contributed by atoms with Gasteiger partial charge in [-0.1, -0.05) is 36.8 Å². The van der Waals surface area contributed by atoms with Crippen LogP contribution in [0.1, 0.15) is 37.7 Å². The van der Waals surface area contributed by atoms with Gasteiger partial charge in [-0.05, 0) is 24.9 Å². The highest BCUT2D eigenvalue weighted by Gasteiger charge is 2.43. The Hall–Kier alpha value is -1.35. The summed E-state index contributed by atoms with van der Waals surface area (Å²) in [5.41, 5.74) is 1.36. The third-order valence-corrected chi connectivity index (χ3v) is 4.58. The number of nitrogens with one attached hydrogen (secondary N) is 1. The summed E-state index contributed by atoms with van der Waals surface area (Å²) in [7, 11) is 0. The van der Waals surface area contributed by atoms with Crippen molar-refractivity contribution in [2.24, 2.45) is 0 Å². The number of amides is 1. The highest BCUT2D eigenvalue weighted by Crippen LogP contribution is 2.35. The maximum Gasteiger partial charge on any atom is 0.219 e. The van der Waals surface area contributed by atoms with Crippen LogP contribution in [-0.4, -0.2) is 36.0 Å². The van der Waals surface area contributed by atoms with E-state index in [4.69, 9.17) is 0 Å². The molecule has 3 rings (SSSR count). The number of likely N-dealkylation sites (tertiary alicyclic amines) is 1. The molecule has 19 heavy (non-hydrogen) atoms. The first kappa shape index (κ1) is 12.7. The minimum atomic E-state index is 0.220. The van der Waals surface area contributed by atoms with Gasteiger partial charge in [0.25, 0.3) is 0 Å². The molecule has 0 spiro atoms. The minimum absolute atomic E-state index is 0.220. The maximum absolute atomic E-state index is 11.9. The zero-order chi connectivity index (χ0) is 13.2. The third kappa shape index (κ3) is 2.39. The Labute approximate surface area is 115 Å². The molecule has 0 aromatic heterocycles. The van der Waals surface area contributed by atoms with Crippen molar-refractivity contribution in [1.82, 2.24) is 10.2 Å². The van der Waals surface area contributed by atoms with E-state index in [0.717, 1.165) is 19.5 Å². The Morgan fingerprint density at radius 1 is 1.26 bits per heavy atom. The SMILES string of the molecule is CC(=O)N1C[C@@H](c2ccccc2)[C@@H]2NCCCC[C@@H]21. The Morgan fingerprint density at radius 2 is 2.05 bits per heavy atom. The van der Waals surface area contributed by atoms with Gasteiger partial charge in [-0.15, -0.1) is 0 Å². The molecule has 2 saturated heterocycles. The van der Waals surface area contributed by atoms with Crippen LogP contribution in [0.2, 0.25) is 0 Å². The van der Waals surface area contributed by atoms with E-state index in [1.165, 1.54) is 18.4 Å². The van der Waals surface area contributed by atoms with Gasteiger partial charge in [0.15, 0.2) is 0 Å². The molecule has 2 heterocycles. The number of nitrogens with zero attached hydrogens (tertiary/aromatic N) is 1. The quantitative estimate of drug-likeness (QED) is 0.837. The van der Waals surface area contributed by atoms with Gasteiger partial charge in [-0.25, -0.2) is 0 Å². The fraction of sp³-hybridized carbons (Fsp3) is 0.562. The molecule has 102 valence electrons. The van der Waals surface area contributed by atoms with Gasteiger partial charge >= 0.3 is 0 Å². The molecule has 1 N–H and O–H groups in total. The molecule has 0 unspecified atom stereocenters. The summed E-state index contributed by atoms with van der Waals surface area (Å²) < 4.78 is 0. The van der Waals surface area contributed by atoms with Crippen LogP contribution < -0.4 is 5.32 Å². The lowest BCUT2D eigenvalue weighted by atomic mass is 9.90. The maximum atomic E-state index is 11.9. The monoisotopic (exact) mass is 258 g/mol. The molecule has 0 saturated carbocycles. The minimum Gasteiger partial charge on any atom is -0.338 e. The van der Waals surface area contributed by atoms with E-state index < -0.39 is 0 Å². The van der Waals surface area contributed by atoms with Crippen LogP contribution in [0, 0.1) is 0 Å². The number of hydrogen-bond acceptors (Lipinski definition) is 2. The summed E-state index contributed by atoms with van der Waals surface area (Å²) in [6.07, 6.45) is 3.58. The van der Waals surface area contributed by atoms with Crippen LogP contribution in [0.3, 0.4) is 0 Å². The molecular weight excluding hydrogens is 236 g/mol. The first-order valence-electron chi connectivity index (χ1n) is 7.33. The summed E-state index contributed by atoms with van der Waals surface area (Å²) in [6.45, 7) is 3.65. The van der Waals surface area contributed by atoms with Crippen LogP contribution >= 0.6 is 0 Å². The van der Waals surface area contributed by atoms with E-state index in [1.54, 1.807) is 6.92 Å². The third-order valence-electron chi connectivity index (χ3n) is 4.58. The largest absolute Gasteiger partial charge is 0.338 e. The van der Waals surface area contributed by atoms with Crippen LogP contribution in [0.15, 0.2) is 30.3 Å². The second kappa shape index (κ2) is 5.33. The number of fused-ring (bicyclic) bond motifs is 1. The highest BCUT2D eigenvalue weighted by molar-refractivity contribution is 5.74. The molecule has 2 aliphatic rings. The van der Waals surface area contributed by atoms with Gasteiger partial charge in [-0.3, -0.25) is 4.79 Å². The molecule has 1 amide bonds. The second-order valence-electron chi connectivity index (χ2n) is 5.73. The van der Waals surface area contributed by atoms with Crippen molar-refractivity contribution in [1.29, 1.82) is 0 Å². The van der Waals surface area contributed by atoms with Crippen LogP contribution in [-0.2, 0) is 4.79 Å². The van der Waals surface area contributed by atoms with Crippen molar-refractivity contribution in [3.8, 4) is 0 Å². The lowest BCUT2D eigenvalue weighted by Crippen LogP contribution is -2.43. The molecule has 2 fully saturated rings. The molecule has 0 aliphatic carbocycles. The molecule has 3 nitrogen and oxygen atoms in total. The fourth-order valence-corrected chi connectivity index (χ4v) is 3.66. The van der Waals surface area contributed by atoms with E-state index >= 15 is 0 Å². The van der Waals surface area contributed by atoms with E-state index in [1.807, 2.05) is 0 Å². The smallest absolute Gasteiger partial charge is 0.219 e. The van der Waals surface area contributed by atoms with E-state index in [0.29, 0.717) is 18.0 Å². The zero-order valence-electron chi connectivity index (χ0n) is 11.5. The predicted molar refractivity (Wildman–Crippen MR) is 76.0 cm³/mol. The van der Waals surface area contributed by atoms with Crippen molar-refractivity contribution in [3.63, 3.8) is 0 Å². The van der Waals surface area contributed by atoms with Gasteiger partial charge in [0.1, 0.15) is 0 Å². The molecule has 3 heteroatoms. The molecule has 0 bridgehead atoms. The normalized spacial score (nSPS) is 30.8. The molecular formula is C16H22N2O. The van der Waals surface area contributed by atoms with Gasteiger partial charge in [-0.2, -0.15) is 0 Å². The topological polar surface area (TPSA) is 32.3 Å². The number of hydrogen-bond donors (Lipinski definition) is 1. The Morgan fingerprint density at radius 3 is 2.79 bits per heavy atom. The van der Waals surface area contributed by atoms with E-state index in [2.05, 4.69) is 40.5 Å². The van der Waals surface area contributed by atoms with Crippen LogP contribution in [0.4, 0.5) is 0 Å². The fourth-order valence-electron chi connectivity index (χ4n) is 3.66. The predicted octanol–water partition coefficient (Wildman–Crippen LogP) is 2.14. The van der Waals surface area contributed by atoms with Crippen molar-refractivity contribution >= 4 is 5.91 Å². The van der Waals surface area contributed by atoms with Crippen molar-refractivity contribution in [3.05, 3.63) is 35.9 Å². The second-order valence-corrected chi connectivity index (χ2v) is 5.73. The summed E-state index contributed by atoms with van der Waals surface area (Å²) in [5, 5.41) is 3.68. The lowest BCUT2D eigenvalue weighted by molar-refractivity contribution is -0.129. The van der Waals surface area contributed by atoms with Gasteiger partial charge < -0.3 is 10.2 Å². The van der Waals surface area contributed by atoms with E-state index in [9.17, 15) is 4.79 Å². The molecule has 3 atom stereocenters. The summed E-state index contributed by atoms with van der Waals surface area (Å²) in [5.74, 6) is 0.658. The van der Waals surface area contributed by atoms with Crippen molar-refractivity contribution < 1.29 is 4.79 Å². The van der Waals surface area contributed by atoms with Crippen LogP contribution in [0.5, 0.6) is 0 Å². The summed E-state index contributed by atoms with van der Waals surface area (Å²) in [4.78, 5) is 14.0. The van der Waals surface area contributed by atoms with Crippen molar-refractivity contribution in [2.75, 3.05) is 13.1 Å². The lowest BCUT2D eigenvalue weighted by Gasteiger charge is -2.26. The summed E-state index contributed by atoms with van der Waals surface area (Å²) >= 11 is 0. The van der Waals surface area contributed by atoms with Crippen molar-refractivity contribution in [2.45, 2.75) is 44.2 Å². The standard InChI is InChI=1S/C16H22N2O/c1-12(19)18-11-14(13-7-3-2-4-8-13)16-15(18)9-5-6-10-17-16/h2-4,7-8,14-17H,5-6,9-11H2,1H3/t14-,15-,16-/m0/s1. The molecule has 1 aromatic rings. The first-order chi connectivity index (χ1) is 9.27. The number of carbonyl (C=O) groups is 1. The van der Waals surface area contributed by atoms with E-state index in [-0.39, 0.29) is 5.91 Å². The Bertz CT molecular complexity index is 445. The molecule has 1 aromatic carbocycles. The average Bonchev–Trinajstić information content (AvgIpc) is 2.62. The Balaban J connectivity index is 1.90. The molecule has 2 aliphatic heterocycles. The first-order valence-corrected chi connectivity index (χ1v) is 7.33. The number of carbonyl (C=O) groups excluding carboxylic acids is 1. The zero-order valence-corrected chi connectivity index (χ0v) is 11.5. The highest BCUT2D eigenvalue weighted by atomic mass is 16.2. The number of rotatable bonds is 1. The Kier molecular flexibility index (Phi) is 3.56. The van der Waals surface area contributed by atoms with Crippen LogP contribution in [0.25, 0.3) is 0 Å². The summed E-state index contributed by atoms with van der Waals surface area (Å²) in [6, 6.07) is 11.4. The van der Waals surface area contributed by atoms with Gasteiger partial charge in [0.2, 0.25) is 5.91 Å².